The van der Waals surface area contributed by atoms with Crippen LogP contribution in [0.2, 0.25) is 13.1 Å². The summed E-state index contributed by atoms with van der Waals surface area (Å²) in [7, 11) is 0. The molecule has 0 aromatic heterocycles. The van der Waals surface area contributed by atoms with Crippen LogP contribution in [0.25, 0.3) is 34.4 Å². The normalized spacial score (nSPS) is 17.5. The van der Waals surface area contributed by atoms with Crippen molar-refractivity contribution in [1.29, 1.82) is 0 Å². The molecule has 0 heterocycles. The van der Waals surface area contributed by atoms with E-state index < -0.39 is 26.8 Å². The van der Waals surface area contributed by atoms with Crippen LogP contribution in [0, 0.1) is 27.7 Å². The molecule has 4 aromatic rings. The second-order valence-corrected chi connectivity index (χ2v) is 32.5. The van der Waals surface area contributed by atoms with Gasteiger partial charge in [0.15, 0.2) is 0 Å². The molecule has 0 spiro atoms. The summed E-state index contributed by atoms with van der Waals surface area (Å²) in [6.07, 6.45) is 5.13. The molecule has 0 bridgehead atoms. The second kappa shape index (κ2) is 10.7. The fourth-order valence-corrected chi connectivity index (χ4v) is 30.6. The number of hydrogen-bond donors (Lipinski definition) is 0. The molecular weight excluding hydrogens is 576 g/mol. The molecule has 0 aliphatic heterocycles. The summed E-state index contributed by atoms with van der Waals surface area (Å²) in [5, 5.41) is 0. The monoisotopic (exact) mass is 615 g/mol. The van der Waals surface area contributed by atoms with Gasteiger partial charge < -0.3 is 0 Å². The van der Waals surface area contributed by atoms with Gasteiger partial charge in [-0.1, -0.05) is 0 Å². The first-order chi connectivity index (χ1) is 19.2. The third kappa shape index (κ3) is 4.43. The van der Waals surface area contributed by atoms with Crippen LogP contribution in [0.1, 0.15) is 65.6 Å². The zero-order chi connectivity index (χ0) is 28.3. The molecule has 4 aromatic carbocycles. The van der Waals surface area contributed by atoms with E-state index in [4.69, 9.17) is 0 Å². The van der Waals surface area contributed by atoms with E-state index >= 15 is 0 Å². The fraction of sp³-hybridized carbons (Fsp3) is 0.263. The number of fused-ring (bicyclic) bond motifs is 2. The van der Waals surface area contributed by atoms with Gasteiger partial charge >= 0.3 is 252 Å². The third-order valence-corrected chi connectivity index (χ3v) is 31.8. The first kappa shape index (κ1) is 27.6. The zero-order valence-electron chi connectivity index (χ0n) is 25.3. The molecule has 2 aliphatic carbocycles. The molecule has 2 heteroatoms. The average Bonchev–Trinajstić information content (AvgIpc) is 3.43. The molecule has 0 radical (unpaired) electrons. The minimum absolute atomic E-state index is 0.665. The van der Waals surface area contributed by atoms with Gasteiger partial charge in [0, 0.05) is 0 Å². The van der Waals surface area contributed by atoms with Crippen molar-refractivity contribution in [1.82, 2.24) is 0 Å². The number of rotatable bonds is 5. The van der Waals surface area contributed by atoms with Crippen LogP contribution in [0.3, 0.4) is 0 Å². The van der Waals surface area contributed by atoms with E-state index in [2.05, 4.69) is 140 Å². The van der Waals surface area contributed by atoms with E-state index in [1.807, 2.05) is 0 Å². The Morgan fingerprint density at radius 2 is 0.875 bits per heavy atom. The van der Waals surface area contributed by atoms with E-state index in [9.17, 15) is 0 Å². The molecule has 201 valence electrons. The third-order valence-electron chi connectivity index (χ3n) is 9.68. The summed E-state index contributed by atoms with van der Waals surface area (Å²) in [5.41, 5.74) is 20.7. The predicted molar refractivity (Wildman–Crippen MR) is 174 cm³/mol. The first-order valence-corrected chi connectivity index (χ1v) is 24.8. The Hall–Kier alpha value is -2.54. The van der Waals surface area contributed by atoms with Crippen LogP contribution in [0.5, 0.6) is 0 Å². The van der Waals surface area contributed by atoms with Crippen LogP contribution in [-0.2, 0) is 20.9 Å². The van der Waals surface area contributed by atoms with Gasteiger partial charge in [0.05, 0.1) is 0 Å². The van der Waals surface area contributed by atoms with Crippen LogP contribution in [-0.4, -0.2) is 5.92 Å². The standard InChI is InChI=1S/2C18H17.C2H7Si.Zr/c2*1-12-10-15-7-5-9-17(18(15)11-12)16-8-4-6-13(2)14(16)3;1-3-2;/h2*4-11H,1-3H3;3H,1-2H3;. The fourth-order valence-electron chi connectivity index (χ4n) is 7.38. The van der Waals surface area contributed by atoms with Crippen LogP contribution >= 0.6 is 0 Å². The Morgan fingerprint density at radius 1 is 0.500 bits per heavy atom. The molecule has 2 atom stereocenters. The number of benzene rings is 4. The molecule has 40 heavy (non-hydrogen) atoms. The van der Waals surface area contributed by atoms with Crippen molar-refractivity contribution in [3.8, 4) is 22.3 Å². The molecule has 2 aliphatic rings. The van der Waals surface area contributed by atoms with Crippen molar-refractivity contribution >= 4 is 18.1 Å². The van der Waals surface area contributed by atoms with E-state index in [0.29, 0.717) is 7.25 Å². The summed E-state index contributed by atoms with van der Waals surface area (Å²) >= 11 is -2.06. The summed E-state index contributed by atoms with van der Waals surface area (Å²) in [6, 6.07) is 27.9. The number of hydrogen-bond acceptors (Lipinski definition) is 0. The molecular formula is C38H41SiZr. The van der Waals surface area contributed by atoms with Gasteiger partial charge in [0.2, 0.25) is 0 Å². The van der Waals surface area contributed by atoms with Crippen molar-refractivity contribution in [3.05, 3.63) is 128 Å². The van der Waals surface area contributed by atoms with Gasteiger partial charge in [0.25, 0.3) is 0 Å². The maximum absolute atomic E-state index is 2.66. The first-order valence-electron chi connectivity index (χ1n) is 14.8. The van der Waals surface area contributed by atoms with Crippen molar-refractivity contribution in [2.45, 2.75) is 61.9 Å². The van der Waals surface area contributed by atoms with Crippen LogP contribution in [0.4, 0.5) is 0 Å². The van der Waals surface area contributed by atoms with Gasteiger partial charge in [-0.3, -0.25) is 0 Å². The molecule has 0 N–H and O–H groups in total. The van der Waals surface area contributed by atoms with Crippen molar-refractivity contribution in [2.24, 2.45) is 0 Å². The summed E-state index contributed by atoms with van der Waals surface area (Å²) in [5.74, 6) is -0.886. The Bertz CT molecular complexity index is 1580. The molecule has 0 saturated heterocycles. The minimum atomic E-state index is -2.06. The van der Waals surface area contributed by atoms with Gasteiger partial charge in [-0.25, -0.2) is 0 Å². The number of allylic oxidation sites excluding steroid dienone is 2. The van der Waals surface area contributed by atoms with E-state index in [0.717, 1.165) is 0 Å². The van der Waals surface area contributed by atoms with Gasteiger partial charge in [-0.15, -0.1) is 0 Å². The quantitative estimate of drug-likeness (QED) is 0.196. The van der Waals surface area contributed by atoms with Gasteiger partial charge in [-0.2, -0.15) is 0 Å². The van der Waals surface area contributed by atoms with Crippen molar-refractivity contribution in [3.63, 3.8) is 0 Å². The molecule has 0 nitrogen and oxygen atoms in total. The van der Waals surface area contributed by atoms with Gasteiger partial charge in [0.1, 0.15) is 0 Å². The second-order valence-electron chi connectivity index (χ2n) is 12.4. The molecule has 0 fully saturated rings. The Kier molecular flexibility index (Phi) is 7.39. The molecule has 2 unspecified atom stereocenters. The van der Waals surface area contributed by atoms with Crippen molar-refractivity contribution in [2.75, 3.05) is 0 Å². The Labute approximate surface area is 250 Å². The van der Waals surface area contributed by atoms with Crippen LogP contribution < -0.4 is 0 Å². The molecule has 6 rings (SSSR count). The zero-order valence-corrected chi connectivity index (χ0v) is 28.9. The maximum atomic E-state index is 2.66. The van der Waals surface area contributed by atoms with Crippen molar-refractivity contribution < 1.29 is 20.9 Å². The topological polar surface area (TPSA) is 0 Å². The van der Waals surface area contributed by atoms with E-state index in [1.165, 1.54) is 55.6 Å². The number of aryl methyl sites for hydroxylation is 2. The van der Waals surface area contributed by atoms with Crippen LogP contribution in [0.15, 0.2) is 83.9 Å². The van der Waals surface area contributed by atoms with E-state index in [-0.39, 0.29) is 0 Å². The Balaban J connectivity index is 1.48. The summed E-state index contributed by atoms with van der Waals surface area (Å²) in [6.45, 7) is 19.2. The van der Waals surface area contributed by atoms with Gasteiger partial charge in [-0.05, 0) is 0 Å². The summed E-state index contributed by atoms with van der Waals surface area (Å²) in [4.78, 5) is 0. The molecule has 0 amide bonds. The van der Waals surface area contributed by atoms with E-state index in [1.54, 1.807) is 22.3 Å². The average molecular weight is 617 g/mol. The summed E-state index contributed by atoms with van der Waals surface area (Å²) < 4.78 is 1.33. The Morgan fingerprint density at radius 3 is 1.27 bits per heavy atom. The molecule has 0 saturated carbocycles. The predicted octanol–water partition coefficient (Wildman–Crippen LogP) is 10.5. The SMILES string of the molecule is CC1=Cc2c(-c3cccc(C)c3C)cccc2[CH]1[Zr]([CH]1C(C)=Cc2c(-c3cccc(C)c3C)cccc21)[SiH](C)C.